The molecule has 9 heteroatoms. The van der Waals surface area contributed by atoms with Crippen LogP contribution in [0.5, 0.6) is 0 Å². The van der Waals surface area contributed by atoms with E-state index in [1.54, 1.807) is 12.1 Å². The highest BCUT2D eigenvalue weighted by atomic mass is 31.2. The summed E-state index contributed by atoms with van der Waals surface area (Å²) in [5.74, 6) is 0. The van der Waals surface area contributed by atoms with Gasteiger partial charge in [-0.05, 0) is 35.0 Å². The Labute approximate surface area is 107 Å². The second kappa shape index (κ2) is 4.71. The second-order valence-electron chi connectivity index (χ2n) is 4.10. The Balaban J connectivity index is 1.99. The Morgan fingerprint density at radius 3 is 3.11 bits per heavy atom. The summed E-state index contributed by atoms with van der Waals surface area (Å²) in [4.78, 5) is 16.6. The van der Waals surface area contributed by atoms with E-state index in [-0.39, 0.29) is 11.7 Å². The van der Waals surface area contributed by atoms with E-state index in [0.717, 1.165) is 12.8 Å². The molecule has 0 N–H and O–H groups in total. The van der Waals surface area contributed by atoms with Crippen molar-refractivity contribution in [1.82, 2.24) is 20.1 Å². The summed E-state index contributed by atoms with van der Waals surface area (Å²) >= 11 is 0. The molecular formula is C10H11N4O4P. The van der Waals surface area contributed by atoms with Gasteiger partial charge >= 0.3 is 13.2 Å². The maximum atomic E-state index is 12.2. The maximum Gasteiger partial charge on any atom is 0.400 e. The highest BCUT2D eigenvalue weighted by Crippen LogP contribution is 2.47. The lowest BCUT2D eigenvalue weighted by Gasteiger charge is -2.21. The fourth-order valence-electron chi connectivity index (χ4n) is 1.77. The molecule has 2 aromatic heterocycles. The number of fused-ring (bicyclic) bond motifs is 1. The zero-order chi connectivity index (χ0) is 13.3. The molecule has 0 aliphatic carbocycles. The molecule has 1 fully saturated rings. The van der Waals surface area contributed by atoms with Crippen molar-refractivity contribution in [2.45, 2.75) is 12.8 Å². The molecule has 2 aromatic rings. The maximum absolute atomic E-state index is 12.2. The van der Waals surface area contributed by atoms with Crippen molar-refractivity contribution < 1.29 is 13.7 Å². The van der Waals surface area contributed by atoms with Crippen LogP contribution in [0, 0.1) is 0 Å². The van der Waals surface area contributed by atoms with Gasteiger partial charge in [0.05, 0.1) is 12.8 Å². The summed E-state index contributed by atoms with van der Waals surface area (Å²) in [6, 6.07) is 3.26. The quantitative estimate of drug-likeness (QED) is 0.745. The van der Waals surface area contributed by atoms with Gasteiger partial charge in [-0.25, -0.2) is 9.55 Å². The van der Waals surface area contributed by atoms with E-state index >= 15 is 0 Å². The van der Waals surface area contributed by atoms with Gasteiger partial charge in [-0.3, -0.25) is 9.32 Å². The normalized spacial score (nSPS) is 23.4. The van der Waals surface area contributed by atoms with Crippen molar-refractivity contribution in [3.63, 3.8) is 0 Å². The highest BCUT2D eigenvalue weighted by Gasteiger charge is 2.31. The molecule has 3 rings (SSSR count). The van der Waals surface area contributed by atoms with E-state index < -0.39 is 13.2 Å². The number of rotatable bonds is 2. The van der Waals surface area contributed by atoms with Gasteiger partial charge in [0.15, 0.2) is 5.52 Å². The van der Waals surface area contributed by atoms with Crippen LogP contribution in [-0.2, 0) is 9.09 Å². The molecular weight excluding hydrogens is 271 g/mol. The zero-order valence-electron chi connectivity index (χ0n) is 9.93. The van der Waals surface area contributed by atoms with Crippen molar-refractivity contribution in [2.24, 2.45) is 0 Å². The molecule has 3 heterocycles. The van der Waals surface area contributed by atoms with Gasteiger partial charge in [0.2, 0.25) is 0 Å². The van der Waals surface area contributed by atoms with Gasteiger partial charge in [-0.1, -0.05) is 0 Å². The molecule has 19 heavy (non-hydrogen) atoms. The molecule has 1 aliphatic rings. The molecule has 0 bridgehead atoms. The van der Waals surface area contributed by atoms with E-state index in [9.17, 15) is 9.36 Å². The minimum Gasteiger partial charge on any atom is -0.310 e. The number of aromatic nitrogens is 4. The second-order valence-corrected chi connectivity index (χ2v) is 6.19. The molecule has 0 spiro atoms. The van der Waals surface area contributed by atoms with Gasteiger partial charge < -0.3 is 4.62 Å². The number of pyridine rings is 1. The standard InChI is InChI=1S/C10H11N4O4P/c15-10-9-8(4-3-5-11-9)12-13-14(10)18-19(16)7-2-1-6-17-19/h3-5H,1-2,6-7H2. The van der Waals surface area contributed by atoms with Gasteiger partial charge in [0, 0.05) is 6.20 Å². The largest absolute Gasteiger partial charge is 0.400 e. The van der Waals surface area contributed by atoms with Gasteiger partial charge in [-0.2, -0.15) is 0 Å². The minimum atomic E-state index is -3.31. The van der Waals surface area contributed by atoms with Crippen LogP contribution in [0.3, 0.4) is 0 Å². The van der Waals surface area contributed by atoms with Crippen LogP contribution in [0.25, 0.3) is 11.0 Å². The van der Waals surface area contributed by atoms with Crippen LogP contribution in [-0.4, -0.2) is 32.9 Å². The molecule has 1 saturated heterocycles. The first-order valence-electron chi connectivity index (χ1n) is 5.82. The molecule has 0 radical (unpaired) electrons. The molecule has 1 unspecified atom stereocenters. The average Bonchev–Trinajstić information content (AvgIpc) is 2.43. The lowest BCUT2D eigenvalue weighted by molar-refractivity contribution is 0.142. The summed E-state index contributed by atoms with van der Waals surface area (Å²) in [6.45, 7) is 0.352. The fraction of sp³-hybridized carbons (Fsp3) is 0.400. The topological polar surface area (TPSA) is 96.2 Å². The Morgan fingerprint density at radius 1 is 1.42 bits per heavy atom. The lowest BCUT2D eigenvalue weighted by atomic mass is 10.4. The van der Waals surface area contributed by atoms with Crippen molar-refractivity contribution in [3.8, 4) is 0 Å². The van der Waals surface area contributed by atoms with E-state index in [0.29, 0.717) is 17.0 Å². The van der Waals surface area contributed by atoms with E-state index in [2.05, 4.69) is 15.3 Å². The molecule has 0 aromatic carbocycles. The van der Waals surface area contributed by atoms with Crippen LogP contribution in [0.1, 0.15) is 12.8 Å². The summed E-state index contributed by atoms with van der Waals surface area (Å²) < 4.78 is 22.4. The fourth-order valence-corrected chi connectivity index (χ4v) is 3.39. The Bertz CT molecular complexity index is 706. The smallest absolute Gasteiger partial charge is 0.310 e. The van der Waals surface area contributed by atoms with E-state index in [4.69, 9.17) is 9.15 Å². The Morgan fingerprint density at radius 2 is 2.32 bits per heavy atom. The molecule has 1 aliphatic heterocycles. The molecule has 0 amide bonds. The predicted molar refractivity (Wildman–Crippen MR) is 65.8 cm³/mol. The predicted octanol–water partition coefficient (Wildman–Crippen LogP) is 0.619. The average molecular weight is 282 g/mol. The zero-order valence-corrected chi connectivity index (χ0v) is 10.8. The van der Waals surface area contributed by atoms with E-state index in [1.807, 2.05) is 0 Å². The van der Waals surface area contributed by atoms with Crippen LogP contribution in [0.2, 0.25) is 0 Å². The first-order chi connectivity index (χ1) is 9.18. The summed E-state index contributed by atoms with van der Waals surface area (Å²) in [5.41, 5.74) is -0.133. The highest BCUT2D eigenvalue weighted by molar-refractivity contribution is 7.54. The third kappa shape index (κ3) is 2.36. The van der Waals surface area contributed by atoms with Gasteiger partial charge in [0.1, 0.15) is 5.52 Å². The van der Waals surface area contributed by atoms with Gasteiger partial charge in [-0.15, -0.1) is 5.10 Å². The molecule has 0 saturated carbocycles. The van der Waals surface area contributed by atoms with Crippen molar-refractivity contribution in [2.75, 3.05) is 12.8 Å². The lowest BCUT2D eigenvalue weighted by Crippen LogP contribution is -2.31. The molecule has 100 valence electrons. The van der Waals surface area contributed by atoms with Crippen LogP contribution >= 0.6 is 7.60 Å². The van der Waals surface area contributed by atoms with Crippen LogP contribution in [0.15, 0.2) is 23.1 Å². The summed E-state index contributed by atoms with van der Waals surface area (Å²) in [5, 5.41) is 7.37. The number of nitrogens with zero attached hydrogens (tertiary/aromatic N) is 4. The SMILES string of the molecule is O=c1c2ncccc2nnn1OP1(=O)CCCCO1. The van der Waals surface area contributed by atoms with Crippen molar-refractivity contribution in [3.05, 3.63) is 28.7 Å². The summed E-state index contributed by atoms with van der Waals surface area (Å²) in [7, 11) is -3.31. The first kappa shape index (κ1) is 12.3. The number of hydrogen-bond donors (Lipinski definition) is 0. The summed E-state index contributed by atoms with van der Waals surface area (Å²) in [6.07, 6.45) is 3.29. The molecule has 1 atom stereocenters. The first-order valence-corrected chi connectivity index (χ1v) is 7.55. The Hall–Kier alpha value is -1.79. The van der Waals surface area contributed by atoms with E-state index in [1.165, 1.54) is 6.20 Å². The van der Waals surface area contributed by atoms with Gasteiger partial charge in [0.25, 0.3) is 0 Å². The van der Waals surface area contributed by atoms with Crippen LogP contribution < -0.4 is 10.2 Å². The van der Waals surface area contributed by atoms with Crippen molar-refractivity contribution >= 4 is 18.6 Å². The third-order valence-electron chi connectivity index (χ3n) is 2.71. The Kier molecular flexibility index (Phi) is 3.04. The minimum absolute atomic E-state index is 0.112. The molecule has 8 nitrogen and oxygen atoms in total. The van der Waals surface area contributed by atoms with Crippen molar-refractivity contribution in [1.29, 1.82) is 0 Å². The third-order valence-corrected chi connectivity index (χ3v) is 4.56. The number of hydrogen-bond acceptors (Lipinski definition) is 7. The monoisotopic (exact) mass is 282 g/mol. The van der Waals surface area contributed by atoms with Crippen LogP contribution in [0.4, 0.5) is 0 Å².